The van der Waals surface area contributed by atoms with Crippen LogP contribution in [-0.4, -0.2) is 15.9 Å². The number of rotatable bonds is 3. The summed E-state index contributed by atoms with van der Waals surface area (Å²) in [6.07, 6.45) is 1.69. The van der Waals surface area contributed by atoms with Gasteiger partial charge in [-0.1, -0.05) is 35.9 Å². The molecule has 4 nitrogen and oxygen atoms in total. The van der Waals surface area contributed by atoms with Crippen LogP contribution in [0.15, 0.2) is 54.9 Å². The lowest BCUT2D eigenvalue weighted by Gasteiger charge is -2.07. The van der Waals surface area contributed by atoms with E-state index in [4.69, 9.17) is 11.6 Å². The summed E-state index contributed by atoms with van der Waals surface area (Å²) in [6, 6.07) is 14.8. The second-order valence-electron chi connectivity index (χ2n) is 4.59. The van der Waals surface area contributed by atoms with Gasteiger partial charge in [0.05, 0.1) is 11.9 Å². The molecule has 104 valence electrons. The van der Waals surface area contributed by atoms with Crippen LogP contribution < -0.4 is 5.32 Å². The third kappa shape index (κ3) is 3.17. The van der Waals surface area contributed by atoms with E-state index >= 15 is 0 Å². The molecule has 0 saturated heterocycles. The second-order valence-corrected chi connectivity index (χ2v) is 5.03. The van der Waals surface area contributed by atoms with Crippen LogP contribution in [0.2, 0.25) is 5.02 Å². The predicted molar refractivity (Wildman–Crippen MR) is 83.3 cm³/mol. The highest BCUT2D eigenvalue weighted by molar-refractivity contribution is 6.30. The molecule has 0 aliphatic heterocycles. The number of nitrogens with zero attached hydrogens (tertiary/aromatic N) is 2. The van der Waals surface area contributed by atoms with Crippen LogP contribution >= 0.6 is 11.6 Å². The summed E-state index contributed by atoms with van der Waals surface area (Å²) in [5.74, 6) is 0.383. The van der Waals surface area contributed by atoms with Gasteiger partial charge in [-0.05, 0) is 29.8 Å². The number of carbonyl (C=O) groups excluding carboxylic acids is 1. The van der Waals surface area contributed by atoms with E-state index in [-0.39, 0.29) is 12.3 Å². The molecule has 3 aromatic rings. The van der Waals surface area contributed by atoms with Gasteiger partial charge in [-0.3, -0.25) is 4.79 Å². The fraction of sp³-hybridized carbons (Fsp3) is 0.0625. The molecule has 0 radical (unpaired) electrons. The molecule has 1 aromatic heterocycles. The molecular weight excluding hydrogens is 286 g/mol. The summed E-state index contributed by atoms with van der Waals surface area (Å²) in [6.45, 7) is 0. The fourth-order valence-corrected chi connectivity index (χ4v) is 2.33. The van der Waals surface area contributed by atoms with E-state index in [0.29, 0.717) is 10.8 Å². The van der Waals surface area contributed by atoms with Crippen LogP contribution in [0.4, 0.5) is 5.82 Å². The Labute approximate surface area is 126 Å². The number of amides is 1. The Kier molecular flexibility index (Phi) is 3.79. The summed E-state index contributed by atoms with van der Waals surface area (Å²) >= 11 is 5.91. The largest absolute Gasteiger partial charge is 0.310 e. The fourth-order valence-electron chi connectivity index (χ4n) is 2.11. The highest BCUT2D eigenvalue weighted by atomic mass is 35.5. The van der Waals surface area contributed by atoms with Crippen LogP contribution in [0.3, 0.4) is 0 Å². The summed E-state index contributed by atoms with van der Waals surface area (Å²) in [4.78, 5) is 20.4. The summed E-state index contributed by atoms with van der Waals surface area (Å²) in [5, 5.41) is 4.26. The molecule has 1 heterocycles. The summed E-state index contributed by atoms with van der Waals surface area (Å²) in [7, 11) is 0. The average Bonchev–Trinajstić information content (AvgIpc) is 2.47. The number of para-hydroxylation sites is 1. The van der Waals surface area contributed by atoms with Gasteiger partial charge < -0.3 is 5.32 Å². The molecule has 0 unspecified atom stereocenters. The number of hydrogen-bond acceptors (Lipinski definition) is 3. The van der Waals surface area contributed by atoms with E-state index in [1.807, 2.05) is 36.4 Å². The summed E-state index contributed by atoms with van der Waals surface area (Å²) in [5.41, 5.74) is 1.66. The number of anilines is 1. The van der Waals surface area contributed by atoms with Crippen LogP contribution in [-0.2, 0) is 11.2 Å². The van der Waals surface area contributed by atoms with E-state index in [1.165, 1.54) is 6.33 Å². The number of hydrogen-bond donors (Lipinski definition) is 1. The Balaban J connectivity index is 1.80. The van der Waals surface area contributed by atoms with Gasteiger partial charge >= 0.3 is 0 Å². The zero-order chi connectivity index (χ0) is 14.7. The molecule has 1 N–H and O–H groups in total. The molecule has 0 saturated carbocycles. The van der Waals surface area contributed by atoms with Crippen LogP contribution in [0.5, 0.6) is 0 Å². The first-order valence-corrected chi connectivity index (χ1v) is 6.84. The third-order valence-corrected chi connectivity index (χ3v) is 3.29. The van der Waals surface area contributed by atoms with E-state index in [0.717, 1.165) is 16.5 Å². The van der Waals surface area contributed by atoms with Crippen molar-refractivity contribution in [3.63, 3.8) is 0 Å². The Morgan fingerprint density at radius 1 is 1.10 bits per heavy atom. The molecule has 0 aliphatic rings. The smallest absolute Gasteiger partial charge is 0.229 e. The Hall–Kier alpha value is -2.46. The van der Waals surface area contributed by atoms with Gasteiger partial charge in [0.15, 0.2) is 0 Å². The Bertz CT molecular complexity index is 799. The zero-order valence-corrected chi connectivity index (χ0v) is 11.8. The summed E-state index contributed by atoms with van der Waals surface area (Å²) < 4.78 is 0. The van der Waals surface area contributed by atoms with Crippen molar-refractivity contribution in [3.8, 4) is 0 Å². The van der Waals surface area contributed by atoms with Crippen molar-refractivity contribution in [1.29, 1.82) is 0 Å². The maximum atomic E-state index is 12.1. The minimum absolute atomic E-state index is 0.138. The lowest BCUT2D eigenvalue weighted by atomic mass is 10.1. The Morgan fingerprint density at radius 3 is 2.81 bits per heavy atom. The first-order chi connectivity index (χ1) is 10.2. The quantitative estimate of drug-likeness (QED) is 0.805. The maximum Gasteiger partial charge on any atom is 0.229 e. The normalized spacial score (nSPS) is 10.5. The van der Waals surface area contributed by atoms with Gasteiger partial charge in [-0.25, -0.2) is 9.97 Å². The monoisotopic (exact) mass is 297 g/mol. The van der Waals surface area contributed by atoms with Crippen molar-refractivity contribution < 1.29 is 4.79 Å². The predicted octanol–water partition coefficient (Wildman–Crippen LogP) is 3.46. The molecule has 0 fully saturated rings. The molecule has 0 spiro atoms. The first-order valence-electron chi connectivity index (χ1n) is 6.46. The Morgan fingerprint density at radius 2 is 1.95 bits per heavy atom. The van der Waals surface area contributed by atoms with Crippen molar-refractivity contribution in [3.05, 3.63) is 65.4 Å². The minimum Gasteiger partial charge on any atom is -0.310 e. The second kappa shape index (κ2) is 5.89. The topological polar surface area (TPSA) is 54.9 Å². The maximum absolute atomic E-state index is 12.1. The van der Waals surface area contributed by atoms with Gasteiger partial charge in [-0.2, -0.15) is 0 Å². The third-order valence-electron chi connectivity index (χ3n) is 3.05. The van der Waals surface area contributed by atoms with E-state index < -0.39 is 0 Å². The lowest BCUT2D eigenvalue weighted by Crippen LogP contribution is -2.15. The number of aromatic nitrogens is 2. The molecule has 0 atom stereocenters. The average molecular weight is 298 g/mol. The number of benzene rings is 2. The van der Waals surface area contributed by atoms with E-state index in [9.17, 15) is 4.79 Å². The van der Waals surface area contributed by atoms with E-state index in [2.05, 4.69) is 15.3 Å². The van der Waals surface area contributed by atoms with E-state index in [1.54, 1.807) is 12.1 Å². The molecule has 2 aromatic carbocycles. The minimum atomic E-state index is -0.138. The lowest BCUT2D eigenvalue weighted by molar-refractivity contribution is -0.115. The van der Waals surface area contributed by atoms with Gasteiger partial charge in [0.2, 0.25) is 5.91 Å². The molecule has 21 heavy (non-hydrogen) atoms. The number of halogens is 1. The molecule has 1 amide bonds. The number of nitrogens with one attached hydrogen (secondary N) is 1. The van der Waals surface area contributed by atoms with Gasteiger partial charge in [0.25, 0.3) is 0 Å². The van der Waals surface area contributed by atoms with Crippen molar-refractivity contribution in [1.82, 2.24) is 9.97 Å². The zero-order valence-electron chi connectivity index (χ0n) is 11.1. The van der Waals surface area contributed by atoms with Crippen molar-refractivity contribution in [2.75, 3.05) is 5.32 Å². The molecular formula is C16H12ClN3O. The van der Waals surface area contributed by atoms with Crippen LogP contribution in [0, 0.1) is 0 Å². The van der Waals surface area contributed by atoms with Crippen molar-refractivity contribution in [2.24, 2.45) is 0 Å². The molecule has 0 aliphatic carbocycles. The SMILES string of the molecule is O=C(Cc1cccc(Cl)c1)Nc1ncnc2ccccc12. The van der Waals surface area contributed by atoms with Gasteiger partial charge in [0, 0.05) is 10.4 Å². The number of fused-ring (bicyclic) bond motifs is 1. The number of carbonyl (C=O) groups is 1. The van der Waals surface area contributed by atoms with Gasteiger partial charge in [0.1, 0.15) is 12.1 Å². The van der Waals surface area contributed by atoms with Crippen LogP contribution in [0.25, 0.3) is 10.9 Å². The highest BCUT2D eigenvalue weighted by Crippen LogP contribution is 2.18. The van der Waals surface area contributed by atoms with Crippen LogP contribution in [0.1, 0.15) is 5.56 Å². The van der Waals surface area contributed by atoms with Crippen molar-refractivity contribution in [2.45, 2.75) is 6.42 Å². The molecule has 3 rings (SSSR count). The highest BCUT2D eigenvalue weighted by Gasteiger charge is 2.08. The van der Waals surface area contributed by atoms with Crippen molar-refractivity contribution >= 4 is 34.2 Å². The standard InChI is InChI=1S/C16H12ClN3O/c17-12-5-3-4-11(8-12)9-15(21)20-16-13-6-1-2-7-14(13)18-10-19-16/h1-8,10H,9H2,(H,18,19,20,21). The first kappa shape index (κ1) is 13.5. The van der Waals surface area contributed by atoms with Gasteiger partial charge in [-0.15, -0.1) is 0 Å². The molecule has 0 bridgehead atoms. The molecule has 5 heteroatoms.